The zero-order valence-corrected chi connectivity index (χ0v) is 12.5. The molecular weight excluding hydrogens is 218 g/mol. The van der Waals surface area contributed by atoms with Crippen LogP contribution in [0.2, 0.25) is 0 Å². The Bertz CT molecular complexity index is 412. The monoisotopic (exact) mass is 245 g/mol. The summed E-state index contributed by atoms with van der Waals surface area (Å²) in [5.74, 6) is 0. The van der Waals surface area contributed by atoms with Gasteiger partial charge in [0, 0.05) is 11.7 Å². The molecule has 0 heterocycles. The van der Waals surface area contributed by atoms with Crippen molar-refractivity contribution in [2.24, 2.45) is 5.41 Å². The molecule has 0 radical (unpaired) electrons. The van der Waals surface area contributed by atoms with Gasteiger partial charge in [0.25, 0.3) is 0 Å². The minimum absolute atomic E-state index is 0.206. The van der Waals surface area contributed by atoms with Crippen molar-refractivity contribution in [1.29, 1.82) is 0 Å². The van der Waals surface area contributed by atoms with Gasteiger partial charge in [0.1, 0.15) is 0 Å². The fraction of sp³-hybridized carbons (Fsp3) is 0.647. The topological polar surface area (TPSA) is 12.0 Å². The molecule has 0 bridgehead atoms. The third-order valence-electron chi connectivity index (χ3n) is 4.06. The predicted molar refractivity (Wildman–Crippen MR) is 80.2 cm³/mol. The molecule has 1 nitrogen and oxygen atoms in total. The van der Waals surface area contributed by atoms with Gasteiger partial charge in [0.05, 0.1) is 0 Å². The number of anilines is 1. The Hall–Kier alpha value is -0.980. The van der Waals surface area contributed by atoms with E-state index < -0.39 is 0 Å². The Morgan fingerprint density at radius 3 is 2.39 bits per heavy atom. The summed E-state index contributed by atoms with van der Waals surface area (Å²) in [7, 11) is 0. The lowest BCUT2D eigenvalue weighted by molar-refractivity contribution is 0.378. The Morgan fingerprint density at radius 2 is 1.83 bits per heavy atom. The summed E-state index contributed by atoms with van der Waals surface area (Å²) in [6.07, 6.45) is 3.92. The quantitative estimate of drug-likeness (QED) is 0.775. The van der Waals surface area contributed by atoms with E-state index in [0.717, 1.165) is 0 Å². The first-order valence-corrected chi connectivity index (χ1v) is 7.14. The fourth-order valence-electron chi connectivity index (χ4n) is 3.04. The summed E-state index contributed by atoms with van der Waals surface area (Å²) in [6, 6.07) is 9.40. The van der Waals surface area contributed by atoms with Gasteiger partial charge in [0.15, 0.2) is 0 Å². The van der Waals surface area contributed by atoms with Crippen LogP contribution >= 0.6 is 0 Å². The van der Waals surface area contributed by atoms with Crippen molar-refractivity contribution in [3.63, 3.8) is 0 Å². The van der Waals surface area contributed by atoms with Crippen molar-refractivity contribution in [3.05, 3.63) is 29.8 Å². The molecule has 1 heteroatoms. The molecule has 0 aromatic heterocycles. The van der Waals surface area contributed by atoms with Crippen LogP contribution in [-0.4, -0.2) is 6.04 Å². The number of nitrogens with one attached hydrogen (secondary N) is 1. The number of hydrogen-bond donors (Lipinski definition) is 1. The molecule has 1 saturated carbocycles. The number of benzene rings is 1. The molecule has 18 heavy (non-hydrogen) atoms. The first-order chi connectivity index (χ1) is 8.28. The second kappa shape index (κ2) is 4.60. The summed E-state index contributed by atoms with van der Waals surface area (Å²) in [4.78, 5) is 0. The van der Waals surface area contributed by atoms with Crippen molar-refractivity contribution in [2.75, 3.05) is 5.32 Å². The second-order valence-corrected chi connectivity index (χ2v) is 7.54. The molecular formula is C17H27N. The van der Waals surface area contributed by atoms with Crippen molar-refractivity contribution >= 4 is 5.69 Å². The van der Waals surface area contributed by atoms with E-state index in [0.29, 0.717) is 11.5 Å². The summed E-state index contributed by atoms with van der Waals surface area (Å²) >= 11 is 0. The molecule has 0 aliphatic heterocycles. The SMILES string of the molecule is CC1(C)CCC(Nc2ccccc2C(C)(C)C)C1. The lowest BCUT2D eigenvalue weighted by Gasteiger charge is -2.26. The first-order valence-electron chi connectivity index (χ1n) is 7.14. The maximum absolute atomic E-state index is 3.77. The first kappa shape index (κ1) is 13.5. The molecule has 2 rings (SSSR count). The third kappa shape index (κ3) is 3.07. The minimum Gasteiger partial charge on any atom is -0.382 e. The Balaban J connectivity index is 2.15. The molecule has 1 aliphatic carbocycles. The predicted octanol–water partition coefficient (Wildman–Crippen LogP) is 4.97. The lowest BCUT2D eigenvalue weighted by atomic mass is 9.85. The van der Waals surface area contributed by atoms with Crippen LogP contribution in [0, 0.1) is 5.41 Å². The molecule has 1 fully saturated rings. The van der Waals surface area contributed by atoms with Gasteiger partial charge in [-0.3, -0.25) is 0 Å². The van der Waals surface area contributed by atoms with Crippen LogP contribution in [0.5, 0.6) is 0 Å². The molecule has 1 aliphatic rings. The molecule has 0 amide bonds. The highest BCUT2D eigenvalue weighted by Gasteiger charge is 2.31. The zero-order valence-electron chi connectivity index (χ0n) is 12.5. The largest absolute Gasteiger partial charge is 0.382 e. The van der Waals surface area contributed by atoms with E-state index in [1.165, 1.54) is 30.5 Å². The van der Waals surface area contributed by atoms with Gasteiger partial charge in [-0.05, 0) is 41.7 Å². The molecule has 1 aromatic rings. The van der Waals surface area contributed by atoms with Crippen molar-refractivity contribution < 1.29 is 0 Å². The Kier molecular flexibility index (Phi) is 3.44. The summed E-state index contributed by atoms with van der Waals surface area (Å²) in [5.41, 5.74) is 3.47. The van der Waals surface area contributed by atoms with Gasteiger partial charge in [0.2, 0.25) is 0 Å². The van der Waals surface area contributed by atoms with E-state index in [-0.39, 0.29) is 5.41 Å². The second-order valence-electron chi connectivity index (χ2n) is 7.54. The highest BCUT2D eigenvalue weighted by molar-refractivity contribution is 5.54. The van der Waals surface area contributed by atoms with E-state index in [1.54, 1.807) is 0 Å². The van der Waals surface area contributed by atoms with E-state index in [9.17, 15) is 0 Å². The maximum atomic E-state index is 3.77. The van der Waals surface area contributed by atoms with Gasteiger partial charge in [-0.15, -0.1) is 0 Å². The minimum atomic E-state index is 0.206. The average molecular weight is 245 g/mol. The Morgan fingerprint density at radius 1 is 1.17 bits per heavy atom. The van der Waals surface area contributed by atoms with E-state index >= 15 is 0 Å². The van der Waals surface area contributed by atoms with Crippen LogP contribution < -0.4 is 5.32 Å². The number of para-hydroxylation sites is 1. The third-order valence-corrected chi connectivity index (χ3v) is 4.06. The van der Waals surface area contributed by atoms with Gasteiger partial charge in [-0.1, -0.05) is 52.8 Å². The lowest BCUT2D eigenvalue weighted by Crippen LogP contribution is -2.21. The van der Waals surface area contributed by atoms with Crippen molar-refractivity contribution in [3.8, 4) is 0 Å². The standard InChI is InChI=1S/C17H27N/c1-16(2,3)14-8-6-7-9-15(14)18-13-10-11-17(4,5)12-13/h6-9,13,18H,10-12H2,1-5H3. The smallest absolute Gasteiger partial charge is 0.0380 e. The van der Waals surface area contributed by atoms with Crippen LogP contribution in [-0.2, 0) is 5.41 Å². The summed E-state index contributed by atoms with van der Waals surface area (Å²) in [5, 5.41) is 3.77. The summed E-state index contributed by atoms with van der Waals surface area (Å²) < 4.78 is 0. The molecule has 1 atom stereocenters. The molecule has 100 valence electrons. The van der Waals surface area contributed by atoms with Crippen LogP contribution in [0.25, 0.3) is 0 Å². The van der Waals surface area contributed by atoms with Gasteiger partial charge in [-0.25, -0.2) is 0 Å². The normalized spacial score (nSPS) is 23.1. The molecule has 0 spiro atoms. The van der Waals surface area contributed by atoms with Gasteiger partial charge < -0.3 is 5.32 Å². The number of hydrogen-bond acceptors (Lipinski definition) is 1. The van der Waals surface area contributed by atoms with E-state index in [4.69, 9.17) is 0 Å². The zero-order chi connectivity index (χ0) is 13.4. The fourth-order valence-corrected chi connectivity index (χ4v) is 3.04. The van der Waals surface area contributed by atoms with Crippen LogP contribution in [0.1, 0.15) is 59.4 Å². The van der Waals surface area contributed by atoms with Crippen molar-refractivity contribution in [2.45, 2.75) is 65.3 Å². The highest BCUT2D eigenvalue weighted by atomic mass is 14.9. The molecule has 0 saturated heterocycles. The molecule has 1 N–H and O–H groups in total. The van der Waals surface area contributed by atoms with Crippen LogP contribution in [0.15, 0.2) is 24.3 Å². The van der Waals surface area contributed by atoms with Gasteiger partial charge in [-0.2, -0.15) is 0 Å². The van der Waals surface area contributed by atoms with E-state index in [2.05, 4.69) is 64.2 Å². The van der Waals surface area contributed by atoms with E-state index in [1.807, 2.05) is 0 Å². The van der Waals surface area contributed by atoms with Crippen LogP contribution in [0.3, 0.4) is 0 Å². The highest BCUT2D eigenvalue weighted by Crippen LogP contribution is 2.39. The maximum Gasteiger partial charge on any atom is 0.0380 e. The van der Waals surface area contributed by atoms with Gasteiger partial charge >= 0.3 is 0 Å². The van der Waals surface area contributed by atoms with Crippen molar-refractivity contribution in [1.82, 2.24) is 0 Å². The average Bonchev–Trinajstić information content (AvgIpc) is 2.57. The molecule has 1 aromatic carbocycles. The summed E-state index contributed by atoms with van der Waals surface area (Å²) in [6.45, 7) is 11.6. The number of rotatable bonds is 2. The Labute approximate surface area is 112 Å². The van der Waals surface area contributed by atoms with Crippen LogP contribution in [0.4, 0.5) is 5.69 Å². The molecule has 1 unspecified atom stereocenters.